The molecule has 15 heavy (non-hydrogen) atoms. The van der Waals surface area contributed by atoms with E-state index in [9.17, 15) is 13.2 Å². The zero-order valence-corrected chi connectivity index (χ0v) is 9.14. The van der Waals surface area contributed by atoms with Crippen LogP contribution in [0.25, 0.3) is 5.57 Å². The van der Waals surface area contributed by atoms with Crippen molar-refractivity contribution in [1.82, 2.24) is 0 Å². The van der Waals surface area contributed by atoms with Gasteiger partial charge < -0.3 is 5.11 Å². The Morgan fingerprint density at radius 3 is 2.53 bits per heavy atom. The molecule has 1 aromatic carbocycles. The minimum Gasteiger partial charge on any atom is -0.392 e. The molecule has 0 aliphatic carbocycles. The molecule has 0 bridgehead atoms. The highest BCUT2D eigenvalue weighted by atomic mass is 79.9. The summed E-state index contributed by atoms with van der Waals surface area (Å²) in [6, 6.07) is 5.85. The second kappa shape index (κ2) is 4.81. The Morgan fingerprint density at radius 2 is 2.07 bits per heavy atom. The van der Waals surface area contributed by atoms with E-state index in [2.05, 4.69) is 15.9 Å². The van der Waals surface area contributed by atoms with Gasteiger partial charge in [0.05, 0.1) is 12.2 Å². The van der Waals surface area contributed by atoms with Gasteiger partial charge in [0, 0.05) is 4.47 Å². The summed E-state index contributed by atoms with van der Waals surface area (Å²) in [5.41, 5.74) is -0.794. The number of rotatable bonds is 2. The van der Waals surface area contributed by atoms with E-state index in [1.54, 1.807) is 6.07 Å². The molecular weight excluding hydrogens is 273 g/mol. The maximum atomic E-state index is 12.5. The van der Waals surface area contributed by atoms with Gasteiger partial charge in [0.1, 0.15) is 0 Å². The fraction of sp³-hybridized carbons (Fsp3) is 0.200. The van der Waals surface area contributed by atoms with Crippen LogP contribution in [0.1, 0.15) is 5.56 Å². The lowest BCUT2D eigenvalue weighted by Gasteiger charge is -2.11. The summed E-state index contributed by atoms with van der Waals surface area (Å²) in [7, 11) is 0. The third-order valence-electron chi connectivity index (χ3n) is 1.74. The molecular formula is C10H8BrF3O. The smallest absolute Gasteiger partial charge is 0.392 e. The fourth-order valence-electron chi connectivity index (χ4n) is 1.14. The van der Waals surface area contributed by atoms with E-state index in [1.807, 2.05) is 0 Å². The summed E-state index contributed by atoms with van der Waals surface area (Å²) < 4.78 is 38.2. The van der Waals surface area contributed by atoms with Crippen molar-refractivity contribution in [2.24, 2.45) is 0 Å². The standard InChI is InChI=1S/C10H8BrF3O/c11-8-3-1-2-7(6-8)9(4-5-15)10(12,13)14/h1-4,6,15H,5H2/b9-4+. The SMILES string of the molecule is OC/C=C(\c1cccc(Br)c1)C(F)(F)F. The first-order valence-corrected chi connectivity index (χ1v) is 4.88. The molecule has 0 saturated heterocycles. The molecule has 0 fully saturated rings. The summed E-state index contributed by atoms with van der Waals surface area (Å²) in [5, 5.41) is 8.54. The highest BCUT2D eigenvalue weighted by molar-refractivity contribution is 9.10. The van der Waals surface area contributed by atoms with Gasteiger partial charge in [0.2, 0.25) is 0 Å². The second-order valence-corrected chi connectivity index (χ2v) is 3.72. The van der Waals surface area contributed by atoms with Crippen molar-refractivity contribution in [2.45, 2.75) is 6.18 Å². The van der Waals surface area contributed by atoms with Gasteiger partial charge in [-0.3, -0.25) is 0 Å². The van der Waals surface area contributed by atoms with Crippen molar-refractivity contribution in [2.75, 3.05) is 6.61 Å². The van der Waals surface area contributed by atoms with Crippen LogP contribution < -0.4 is 0 Å². The van der Waals surface area contributed by atoms with Crippen LogP contribution in [0.2, 0.25) is 0 Å². The van der Waals surface area contributed by atoms with Gasteiger partial charge in [-0.25, -0.2) is 0 Å². The van der Waals surface area contributed by atoms with Crippen molar-refractivity contribution >= 4 is 21.5 Å². The Bertz CT molecular complexity index is 371. The third-order valence-corrected chi connectivity index (χ3v) is 2.23. The number of alkyl halides is 3. The average molecular weight is 281 g/mol. The van der Waals surface area contributed by atoms with Crippen molar-refractivity contribution in [3.05, 3.63) is 40.4 Å². The second-order valence-electron chi connectivity index (χ2n) is 2.81. The monoisotopic (exact) mass is 280 g/mol. The molecule has 82 valence electrons. The topological polar surface area (TPSA) is 20.2 Å². The summed E-state index contributed by atoms with van der Waals surface area (Å²) in [5.74, 6) is 0. The maximum Gasteiger partial charge on any atom is 0.416 e. The molecule has 0 unspecified atom stereocenters. The normalized spacial score (nSPS) is 13.0. The van der Waals surface area contributed by atoms with Crippen LogP contribution in [0, 0.1) is 0 Å². The summed E-state index contributed by atoms with van der Waals surface area (Å²) in [4.78, 5) is 0. The number of hydrogen-bond donors (Lipinski definition) is 1. The van der Waals surface area contributed by atoms with Crippen LogP contribution in [0.15, 0.2) is 34.8 Å². The first kappa shape index (κ1) is 12.3. The van der Waals surface area contributed by atoms with Crippen LogP contribution in [0.3, 0.4) is 0 Å². The van der Waals surface area contributed by atoms with E-state index in [4.69, 9.17) is 5.11 Å². The summed E-state index contributed by atoms with van der Waals surface area (Å²) in [6.45, 7) is -0.638. The highest BCUT2D eigenvalue weighted by Gasteiger charge is 2.34. The predicted molar refractivity (Wildman–Crippen MR) is 55.3 cm³/mol. The lowest BCUT2D eigenvalue weighted by molar-refractivity contribution is -0.0692. The van der Waals surface area contributed by atoms with E-state index in [0.29, 0.717) is 4.47 Å². The number of allylic oxidation sites excluding steroid dienone is 1. The third kappa shape index (κ3) is 3.35. The van der Waals surface area contributed by atoms with Gasteiger partial charge >= 0.3 is 6.18 Å². The molecule has 0 radical (unpaired) electrons. The van der Waals surface area contributed by atoms with Crippen molar-refractivity contribution in [3.8, 4) is 0 Å². The van der Waals surface area contributed by atoms with Crippen LogP contribution in [-0.4, -0.2) is 17.9 Å². The van der Waals surface area contributed by atoms with E-state index in [-0.39, 0.29) is 5.56 Å². The van der Waals surface area contributed by atoms with Gasteiger partial charge in [-0.15, -0.1) is 0 Å². The minimum atomic E-state index is -4.45. The van der Waals surface area contributed by atoms with Crippen LogP contribution >= 0.6 is 15.9 Å². The largest absolute Gasteiger partial charge is 0.416 e. The molecule has 0 spiro atoms. The Kier molecular flexibility index (Phi) is 3.93. The molecule has 0 heterocycles. The van der Waals surface area contributed by atoms with Crippen molar-refractivity contribution in [1.29, 1.82) is 0 Å². The number of aliphatic hydroxyl groups is 1. The van der Waals surface area contributed by atoms with Gasteiger partial charge in [0.25, 0.3) is 0 Å². The van der Waals surface area contributed by atoms with Crippen molar-refractivity contribution < 1.29 is 18.3 Å². The average Bonchev–Trinajstić information content (AvgIpc) is 2.12. The molecule has 0 atom stereocenters. The molecule has 1 aromatic rings. The summed E-state index contributed by atoms with van der Waals surface area (Å²) >= 11 is 3.09. The first-order valence-electron chi connectivity index (χ1n) is 4.09. The number of halogens is 4. The Hall–Kier alpha value is -0.810. The molecule has 0 amide bonds. The molecule has 5 heteroatoms. The van der Waals surface area contributed by atoms with E-state index < -0.39 is 18.4 Å². The van der Waals surface area contributed by atoms with E-state index >= 15 is 0 Å². The van der Waals surface area contributed by atoms with Crippen LogP contribution in [0.5, 0.6) is 0 Å². The number of aliphatic hydroxyl groups excluding tert-OH is 1. The first-order chi connectivity index (χ1) is 6.95. The number of benzene rings is 1. The highest BCUT2D eigenvalue weighted by Crippen LogP contribution is 2.34. The van der Waals surface area contributed by atoms with Crippen LogP contribution in [0.4, 0.5) is 13.2 Å². The van der Waals surface area contributed by atoms with Gasteiger partial charge in [0.15, 0.2) is 0 Å². The van der Waals surface area contributed by atoms with Gasteiger partial charge in [-0.05, 0) is 23.8 Å². The Labute approximate surface area is 93.4 Å². The quantitative estimate of drug-likeness (QED) is 0.881. The molecule has 1 rings (SSSR count). The fourth-order valence-corrected chi connectivity index (χ4v) is 1.54. The Morgan fingerprint density at radius 1 is 1.40 bits per heavy atom. The Balaban J connectivity index is 3.17. The lowest BCUT2D eigenvalue weighted by atomic mass is 10.1. The van der Waals surface area contributed by atoms with Gasteiger partial charge in [-0.1, -0.05) is 28.1 Å². The van der Waals surface area contributed by atoms with Crippen molar-refractivity contribution in [3.63, 3.8) is 0 Å². The lowest BCUT2D eigenvalue weighted by Crippen LogP contribution is -2.11. The molecule has 1 nitrogen and oxygen atoms in total. The van der Waals surface area contributed by atoms with E-state index in [1.165, 1.54) is 18.2 Å². The zero-order valence-electron chi connectivity index (χ0n) is 7.55. The molecule has 0 aromatic heterocycles. The maximum absolute atomic E-state index is 12.5. The van der Waals surface area contributed by atoms with E-state index in [0.717, 1.165) is 6.08 Å². The molecule has 1 N–H and O–H groups in total. The molecule has 0 aliphatic rings. The minimum absolute atomic E-state index is 0.0333. The number of hydrogen-bond acceptors (Lipinski definition) is 1. The molecule has 0 aliphatic heterocycles. The van der Waals surface area contributed by atoms with Crippen LogP contribution in [-0.2, 0) is 0 Å². The van der Waals surface area contributed by atoms with Gasteiger partial charge in [-0.2, -0.15) is 13.2 Å². The summed E-state index contributed by atoms with van der Waals surface area (Å²) in [6.07, 6.45) is -3.70. The zero-order chi connectivity index (χ0) is 11.5. The predicted octanol–water partition coefficient (Wildman–Crippen LogP) is 3.39. The molecule has 0 saturated carbocycles.